The van der Waals surface area contributed by atoms with Crippen LogP contribution in [0.1, 0.15) is 42.4 Å². The molecule has 0 bridgehead atoms. The molecule has 0 saturated carbocycles. The molecule has 5 nitrogen and oxygen atoms in total. The monoisotopic (exact) mass is 223 g/mol. The number of hydrogen-bond acceptors (Lipinski definition) is 3. The number of hydrogen-bond donors (Lipinski definition) is 2. The molecular formula is C11H17N3O2. The average Bonchev–Trinajstić information content (AvgIpc) is 2.28. The van der Waals surface area contributed by atoms with Crippen molar-refractivity contribution in [3.63, 3.8) is 0 Å². The van der Waals surface area contributed by atoms with Crippen molar-refractivity contribution >= 4 is 5.91 Å². The van der Waals surface area contributed by atoms with Gasteiger partial charge in [0.15, 0.2) is 0 Å². The summed E-state index contributed by atoms with van der Waals surface area (Å²) in [6.07, 6.45) is 0.828. The van der Waals surface area contributed by atoms with Crippen LogP contribution in [0.25, 0.3) is 0 Å². The Hall–Kier alpha value is -1.62. The number of aromatic nitrogens is 1. The molecule has 0 aliphatic carbocycles. The van der Waals surface area contributed by atoms with Crippen molar-refractivity contribution in [1.29, 1.82) is 0 Å². The van der Waals surface area contributed by atoms with Crippen molar-refractivity contribution in [3.8, 4) is 0 Å². The second-order valence-corrected chi connectivity index (χ2v) is 3.79. The Morgan fingerprint density at radius 1 is 1.56 bits per heavy atom. The minimum atomic E-state index is -0.554. The molecule has 5 heteroatoms. The summed E-state index contributed by atoms with van der Waals surface area (Å²) in [7, 11) is 0. The molecule has 3 N–H and O–H groups in total. The van der Waals surface area contributed by atoms with E-state index in [1.807, 2.05) is 26.2 Å². The molecule has 1 heterocycles. The van der Waals surface area contributed by atoms with Crippen LogP contribution in [0.3, 0.4) is 0 Å². The molecular weight excluding hydrogens is 206 g/mol. The second kappa shape index (κ2) is 4.94. The van der Waals surface area contributed by atoms with Crippen molar-refractivity contribution in [3.05, 3.63) is 33.7 Å². The van der Waals surface area contributed by atoms with E-state index in [4.69, 9.17) is 5.84 Å². The molecule has 0 aliphatic rings. The minimum absolute atomic E-state index is 0.0676. The second-order valence-electron chi connectivity index (χ2n) is 3.79. The lowest BCUT2D eigenvalue weighted by Gasteiger charge is -2.17. The molecule has 1 aromatic heterocycles. The van der Waals surface area contributed by atoms with Gasteiger partial charge in [-0.15, -0.1) is 0 Å². The van der Waals surface area contributed by atoms with Gasteiger partial charge in [-0.3, -0.25) is 15.0 Å². The Labute approximate surface area is 94.2 Å². The summed E-state index contributed by atoms with van der Waals surface area (Å²) in [5.74, 6) is 4.47. The highest BCUT2D eigenvalue weighted by Crippen LogP contribution is 2.10. The number of hydrazine groups is 1. The van der Waals surface area contributed by atoms with Crippen molar-refractivity contribution in [2.45, 2.75) is 33.2 Å². The first kappa shape index (κ1) is 12.4. The maximum Gasteiger partial charge on any atom is 0.270 e. The normalized spacial score (nSPS) is 12.2. The van der Waals surface area contributed by atoms with Gasteiger partial charge < -0.3 is 4.57 Å². The molecule has 16 heavy (non-hydrogen) atoms. The summed E-state index contributed by atoms with van der Waals surface area (Å²) in [5, 5.41) is 0. The average molecular weight is 223 g/mol. The number of rotatable bonds is 3. The van der Waals surface area contributed by atoms with Crippen LogP contribution < -0.4 is 16.8 Å². The molecule has 1 aromatic rings. The smallest absolute Gasteiger partial charge is 0.270 e. The van der Waals surface area contributed by atoms with E-state index >= 15 is 0 Å². The van der Waals surface area contributed by atoms with Gasteiger partial charge in [0.05, 0.1) is 0 Å². The Morgan fingerprint density at radius 3 is 2.69 bits per heavy atom. The van der Waals surface area contributed by atoms with Crippen LogP contribution in [0.4, 0.5) is 0 Å². The standard InChI is InChI=1S/C11H17N3O2/c1-4-7(2)14-8(3)5-6-9(11(14)16)10(15)13-12/h5-7H,4,12H2,1-3H3,(H,13,15). The van der Waals surface area contributed by atoms with Crippen LogP contribution in [0.2, 0.25) is 0 Å². The zero-order chi connectivity index (χ0) is 12.3. The highest BCUT2D eigenvalue weighted by molar-refractivity contribution is 5.93. The number of nitrogens with zero attached hydrogens (tertiary/aromatic N) is 1. The van der Waals surface area contributed by atoms with E-state index in [2.05, 4.69) is 0 Å². The fourth-order valence-corrected chi connectivity index (χ4v) is 1.63. The number of nitrogens with two attached hydrogens (primary N) is 1. The summed E-state index contributed by atoms with van der Waals surface area (Å²) < 4.78 is 1.62. The van der Waals surface area contributed by atoms with E-state index in [1.165, 1.54) is 6.07 Å². The lowest BCUT2D eigenvalue weighted by Crippen LogP contribution is -2.37. The lowest BCUT2D eigenvalue weighted by molar-refractivity contribution is 0.0951. The molecule has 88 valence electrons. The maximum absolute atomic E-state index is 12.0. The number of carbonyl (C=O) groups is 1. The zero-order valence-corrected chi connectivity index (χ0v) is 9.78. The number of carbonyl (C=O) groups excluding carboxylic acids is 1. The molecule has 0 fully saturated rings. The van der Waals surface area contributed by atoms with Crippen LogP contribution in [0, 0.1) is 6.92 Å². The van der Waals surface area contributed by atoms with Crippen molar-refractivity contribution in [2.75, 3.05) is 0 Å². The van der Waals surface area contributed by atoms with Crippen LogP contribution >= 0.6 is 0 Å². The Morgan fingerprint density at radius 2 is 2.19 bits per heavy atom. The van der Waals surface area contributed by atoms with Gasteiger partial charge in [0.25, 0.3) is 11.5 Å². The Kier molecular flexibility index (Phi) is 3.84. The van der Waals surface area contributed by atoms with Crippen LogP contribution in [0.5, 0.6) is 0 Å². The third kappa shape index (κ3) is 2.14. The van der Waals surface area contributed by atoms with Crippen molar-refractivity contribution in [1.82, 2.24) is 9.99 Å². The van der Waals surface area contributed by atoms with Crippen molar-refractivity contribution < 1.29 is 4.79 Å². The highest BCUT2D eigenvalue weighted by Gasteiger charge is 2.15. The summed E-state index contributed by atoms with van der Waals surface area (Å²) in [4.78, 5) is 23.4. The fourth-order valence-electron chi connectivity index (χ4n) is 1.63. The van der Waals surface area contributed by atoms with Gasteiger partial charge in [0, 0.05) is 11.7 Å². The lowest BCUT2D eigenvalue weighted by atomic mass is 10.2. The number of amides is 1. The van der Waals surface area contributed by atoms with Gasteiger partial charge in [0.2, 0.25) is 0 Å². The fraction of sp³-hybridized carbons (Fsp3) is 0.455. The van der Waals surface area contributed by atoms with E-state index in [-0.39, 0.29) is 17.2 Å². The van der Waals surface area contributed by atoms with E-state index in [0.29, 0.717) is 0 Å². The summed E-state index contributed by atoms with van der Waals surface area (Å²) >= 11 is 0. The summed E-state index contributed by atoms with van der Waals surface area (Å²) in [6.45, 7) is 5.78. The van der Waals surface area contributed by atoms with Gasteiger partial charge >= 0.3 is 0 Å². The number of nitrogen functional groups attached to an aromatic ring is 1. The first-order valence-electron chi connectivity index (χ1n) is 5.26. The van der Waals surface area contributed by atoms with Crippen LogP contribution in [0.15, 0.2) is 16.9 Å². The highest BCUT2D eigenvalue weighted by atomic mass is 16.2. The first-order valence-corrected chi connectivity index (χ1v) is 5.26. The Bertz CT molecular complexity index is 451. The largest absolute Gasteiger partial charge is 0.309 e. The predicted octanol–water partition coefficient (Wildman–Crippen LogP) is 0.731. The van der Waals surface area contributed by atoms with Crippen LogP contribution in [-0.2, 0) is 0 Å². The number of aryl methyl sites for hydroxylation is 1. The van der Waals surface area contributed by atoms with Gasteiger partial charge in [-0.2, -0.15) is 0 Å². The SMILES string of the molecule is CCC(C)n1c(C)ccc(C(=O)NN)c1=O. The first-order chi connectivity index (χ1) is 7.52. The number of nitrogens with one attached hydrogen (secondary N) is 1. The summed E-state index contributed by atoms with van der Waals surface area (Å²) in [6, 6.07) is 3.31. The molecule has 0 aromatic carbocycles. The minimum Gasteiger partial charge on any atom is -0.309 e. The van der Waals surface area contributed by atoms with Gasteiger partial charge in [-0.25, -0.2) is 5.84 Å². The van der Waals surface area contributed by atoms with Gasteiger partial charge in [0.1, 0.15) is 5.56 Å². The van der Waals surface area contributed by atoms with E-state index < -0.39 is 5.91 Å². The van der Waals surface area contributed by atoms with E-state index in [0.717, 1.165) is 12.1 Å². The van der Waals surface area contributed by atoms with Gasteiger partial charge in [-0.05, 0) is 32.4 Å². The molecule has 0 spiro atoms. The number of pyridine rings is 1. The van der Waals surface area contributed by atoms with Crippen molar-refractivity contribution in [2.24, 2.45) is 5.84 Å². The maximum atomic E-state index is 12.0. The third-order valence-corrected chi connectivity index (χ3v) is 2.73. The summed E-state index contributed by atoms with van der Waals surface area (Å²) in [5.41, 5.74) is 2.60. The molecule has 1 unspecified atom stereocenters. The Balaban J connectivity index is 3.39. The molecule has 1 atom stereocenters. The molecule has 0 radical (unpaired) electrons. The van der Waals surface area contributed by atoms with E-state index in [9.17, 15) is 9.59 Å². The topological polar surface area (TPSA) is 77.1 Å². The molecule has 0 aliphatic heterocycles. The molecule has 1 rings (SSSR count). The van der Waals surface area contributed by atoms with E-state index in [1.54, 1.807) is 10.6 Å². The predicted molar refractivity (Wildman–Crippen MR) is 62.1 cm³/mol. The quantitative estimate of drug-likeness (QED) is 0.450. The zero-order valence-electron chi connectivity index (χ0n) is 9.78. The molecule has 0 saturated heterocycles. The van der Waals surface area contributed by atoms with Gasteiger partial charge in [-0.1, -0.05) is 6.92 Å². The third-order valence-electron chi connectivity index (χ3n) is 2.73. The molecule has 1 amide bonds. The van der Waals surface area contributed by atoms with Crippen LogP contribution in [-0.4, -0.2) is 10.5 Å².